The monoisotopic (exact) mass is 441 g/mol. The summed E-state index contributed by atoms with van der Waals surface area (Å²) >= 11 is 0. The van der Waals surface area contributed by atoms with Crippen LogP contribution in [0.3, 0.4) is 0 Å². The number of carbonyl (C=O) groups excluding carboxylic acids is 2. The first-order chi connectivity index (χ1) is 15.5. The third-order valence-corrected chi connectivity index (χ3v) is 7.45. The molecule has 0 radical (unpaired) electrons. The quantitative estimate of drug-likeness (QED) is 0.780. The highest BCUT2D eigenvalue weighted by Gasteiger charge is 2.32. The van der Waals surface area contributed by atoms with E-state index in [4.69, 9.17) is 0 Å². The lowest BCUT2D eigenvalue weighted by Crippen LogP contribution is -2.54. The second kappa shape index (κ2) is 10.6. The molecule has 1 N–H and O–H groups in total. The normalized spacial score (nSPS) is 25.2. The minimum Gasteiger partial charge on any atom is -0.368 e. The average molecular weight is 442 g/mol. The maximum atomic E-state index is 13.0. The zero-order valence-electron chi connectivity index (χ0n) is 19.7. The molecule has 2 heterocycles. The number of nitrogens with one attached hydrogen (secondary N) is 1. The van der Waals surface area contributed by atoms with Gasteiger partial charge in [0.1, 0.15) is 0 Å². The molecule has 7 heteroatoms. The largest absolute Gasteiger partial charge is 0.368 e. The number of piperazine rings is 2. The molecule has 3 aliphatic rings. The number of carbonyl (C=O) groups is 2. The molecular weight excluding hydrogens is 402 g/mol. The fourth-order valence-electron chi connectivity index (χ4n) is 5.27. The number of para-hydroxylation sites is 1. The van der Waals surface area contributed by atoms with E-state index in [-0.39, 0.29) is 18.0 Å². The highest BCUT2D eigenvalue weighted by molar-refractivity contribution is 5.79. The standard InChI is InChI=1S/C25H39N5O2/c1-20(2)27-12-16-29(17-13-27)24(31)21-8-10-22(11-9-21)26-25(32)30-18-14-28(15-19-30)23-6-4-3-5-7-23/h3-7,20-22H,8-19H2,1-2H3,(H,26,32)/t21-,22+. The van der Waals surface area contributed by atoms with Crippen LogP contribution >= 0.6 is 0 Å². The van der Waals surface area contributed by atoms with Crippen molar-refractivity contribution in [2.45, 2.75) is 51.6 Å². The van der Waals surface area contributed by atoms with Crippen molar-refractivity contribution < 1.29 is 9.59 Å². The maximum absolute atomic E-state index is 13.0. The molecule has 1 saturated carbocycles. The maximum Gasteiger partial charge on any atom is 0.317 e. The Hall–Kier alpha value is -2.28. The van der Waals surface area contributed by atoms with E-state index in [0.717, 1.165) is 78.0 Å². The van der Waals surface area contributed by atoms with E-state index in [0.29, 0.717) is 11.9 Å². The summed E-state index contributed by atoms with van der Waals surface area (Å²) in [5.41, 5.74) is 1.22. The SMILES string of the molecule is CC(C)N1CCN(C(=O)[C@H]2CC[C@@H](NC(=O)N3CCN(c4ccccc4)CC3)CC2)CC1. The fraction of sp³-hybridized carbons (Fsp3) is 0.680. The van der Waals surface area contributed by atoms with Gasteiger partial charge in [0.25, 0.3) is 0 Å². The van der Waals surface area contributed by atoms with Gasteiger partial charge in [-0.3, -0.25) is 9.69 Å². The van der Waals surface area contributed by atoms with Crippen molar-refractivity contribution >= 4 is 17.6 Å². The first-order valence-corrected chi connectivity index (χ1v) is 12.4. The number of nitrogens with zero attached hydrogens (tertiary/aromatic N) is 4. The Labute approximate surface area is 192 Å². The van der Waals surface area contributed by atoms with Gasteiger partial charge in [-0.25, -0.2) is 4.79 Å². The molecule has 1 aromatic carbocycles. The Morgan fingerprint density at radius 3 is 2.00 bits per heavy atom. The first-order valence-electron chi connectivity index (χ1n) is 12.4. The van der Waals surface area contributed by atoms with Crippen LogP contribution in [0.4, 0.5) is 10.5 Å². The van der Waals surface area contributed by atoms with Crippen molar-refractivity contribution in [3.05, 3.63) is 30.3 Å². The van der Waals surface area contributed by atoms with Crippen molar-refractivity contribution in [1.29, 1.82) is 0 Å². The Balaban J connectivity index is 1.17. The van der Waals surface area contributed by atoms with E-state index in [2.05, 4.69) is 58.1 Å². The van der Waals surface area contributed by atoms with Gasteiger partial charge in [-0.15, -0.1) is 0 Å². The van der Waals surface area contributed by atoms with Crippen LogP contribution in [0.15, 0.2) is 30.3 Å². The van der Waals surface area contributed by atoms with E-state index in [9.17, 15) is 9.59 Å². The van der Waals surface area contributed by atoms with Gasteiger partial charge in [-0.1, -0.05) is 18.2 Å². The number of hydrogen-bond donors (Lipinski definition) is 1. The summed E-state index contributed by atoms with van der Waals surface area (Å²) in [4.78, 5) is 34.5. The summed E-state index contributed by atoms with van der Waals surface area (Å²) in [6.45, 7) is 11.3. The van der Waals surface area contributed by atoms with Gasteiger partial charge in [0.15, 0.2) is 0 Å². The van der Waals surface area contributed by atoms with E-state index < -0.39 is 0 Å². The molecule has 3 fully saturated rings. The van der Waals surface area contributed by atoms with Crippen LogP contribution in [0.25, 0.3) is 0 Å². The molecule has 0 aromatic heterocycles. The van der Waals surface area contributed by atoms with Crippen molar-refractivity contribution in [3.8, 4) is 0 Å². The lowest BCUT2D eigenvalue weighted by Gasteiger charge is -2.40. The molecular formula is C25H39N5O2. The van der Waals surface area contributed by atoms with Crippen molar-refractivity contribution in [1.82, 2.24) is 20.0 Å². The third kappa shape index (κ3) is 5.55. The highest BCUT2D eigenvalue weighted by Crippen LogP contribution is 2.27. The molecule has 2 aliphatic heterocycles. The molecule has 176 valence electrons. The molecule has 0 unspecified atom stereocenters. The van der Waals surface area contributed by atoms with E-state index in [1.165, 1.54) is 5.69 Å². The summed E-state index contributed by atoms with van der Waals surface area (Å²) in [6.07, 6.45) is 3.57. The minimum absolute atomic E-state index is 0.0531. The molecule has 3 amide bonds. The summed E-state index contributed by atoms with van der Waals surface area (Å²) in [5.74, 6) is 0.457. The van der Waals surface area contributed by atoms with Crippen LogP contribution in [-0.2, 0) is 4.79 Å². The van der Waals surface area contributed by atoms with E-state index in [1.807, 2.05) is 11.0 Å². The lowest BCUT2D eigenvalue weighted by atomic mass is 9.85. The van der Waals surface area contributed by atoms with Crippen LogP contribution in [-0.4, -0.2) is 91.1 Å². The Kier molecular flexibility index (Phi) is 7.55. The van der Waals surface area contributed by atoms with E-state index in [1.54, 1.807) is 0 Å². The van der Waals surface area contributed by atoms with Crippen molar-refractivity contribution in [2.24, 2.45) is 5.92 Å². The second-order valence-corrected chi connectivity index (χ2v) is 9.76. The first kappa shape index (κ1) is 22.9. The number of anilines is 1. The molecule has 1 aliphatic carbocycles. The minimum atomic E-state index is 0.0531. The predicted octanol–water partition coefficient (Wildman–Crippen LogP) is 2.63. The van der Waals surface area contributed by atoms with Crippen LogP contribution in [0.1, 0.15) is 39.5 Å². The molecule has 1 aromatic rings. The summed E-state index contributed by atoms with van der Waals surface area (Å²) in [6, 6.07) is 11.2. The molecule has 32 heavy (non-hydrogen) atoms. The number of urea groups is 1. The van der Waals surface area contributed by atoms with Crippen molar-refractivity contribution in [3.63, 3.8) is 0 Å². The highest BCUT2D eigenvalue weighted by atomic mass is 16.2. The average Bonchev–Trinajstić information content (AvgIpc) is 2.85. The van der Waals surface area contributed by atoms with Gasteiger partial charge in [0.2, 0.25) is 5.91 Å². The predicted molar refractivity (Wildman–Crippen MR) is 128 cm³/mol. The molecule has 7 nitrogen and oxygen atoms in total. The number of amides is 3. The molecule has 4 rings (SSSR count). The molecule has 0 bridgehead atoms. The zero-order chi connectivity index (χ0) is 22.5. The smallest absolute Gasteiger partial charge is 0.317 e. The molecule has 0 atom stereocenters. The number of hydrogen-bond acceptors (Lipinski definition) is 4. The molecule has 2 saturated heterocycles. The van der Waals surface area contributed by atoms with Crippen LogP contribution in [0, 0.1) is 5.92 Å². The number of benzene rings is 1. The van der Waals surface area contributed by atoms with Gasteiger partial charge in [-0.2, -0.15) is 0 Å². The Morgan fingerprint density at radius 1 is 0.812 bits per heavy atom. The van der Waals surface area contributed by atoms with Crippen LogP contribution < -0.4 is 10.2 Å². The summed E-state index contributed by atoms with van der Waals surface area (Å²) in [7, 11) is 0. The van der Waals surface area contributed by atoms with Gasteiger partial charge >= 0.3 is 6.03 Å². The second-order valence-electron chi connectivity index (χ2n) is 9.76. The summed E-state index contributed by atoms with van der Waals surface area (Å²) < 4.78 is 0. The van der Waals surface area contributed by atoms with Crippen molar-refractivity contribution in [2.75, 3.05) is 57.3 Å². The zero-order valence-corrected chi connectivity index (χ0v) is 19.7. The van der Waals surface area contributed by atoms with Gasteiger partial charge in [-0.05, 0) is 51.7 Å². The summed E-state index contributed by atoms with van der Waals surface area (Å²) in [5, 5.41) is 3.24. The van der Waals surface area contributed by atoms with Gasteiger partial charge in [0.05, 0.1) is 0 Å². The van der Waals surface area contributed by atoms with Gasteiger partial charge in [0, 0.05) is 76.0 Å². The Bertz CT molecular complexity index is 747. The molecule has 0 spiro atoms. The van der Waals surface area contributed by atoms with Gasteiger partial charge < -0.3 is 20.0 Å². The topological polar surface area (TPSA) is 59.1 Å². The fourth-order valence-corrected chi connectivity index (χ4v) is 5.27. The Morgan fingerprint density at radius 2 is 1.41 bits per heavy atom. The van der Waals surface area contributed by atoms with E-state index >= 15 is 0 Å². The van der Waals surface area contributed by atoms with Crippen LogP contribution in [0.2, 0.25) is 0 Å². The van der Waals surface area contributed by atoms with Crippen LogP contribution in [0.5, 0.6) is 0 Å². The number of rotatable bonds is 4. The third-order valence-electron chi connectivity index (χ3n) is 7.45. The lowest BCUT2D eigenvalue weighted by molar-refractivity contribution is -0.138.